The second kappa shape index (κ2) is 7.93. The molecule has 0 spiro atoms. The van der Waals surface area contributed by atoms with E-state index in [9.17, 15) is 9.59 Å². The molecule has 160 valence electrons. The Morgan fingerprint density at radius 1 is 1.06 bits per heavy atom. The lowest BCUT2D eigenvalue weighted by Gasteiger charge is -1.99. The number of fused-ring (bicyclic) bond motifs is 2. The SMILES string of the molecule is O=C(O)c1ccc2nc(Cn3cc(C(=O)CCc4ncn5ccc(Cl)cc45)cn3)cn2c1. The van der Waals surface area contributed by atoms with E-state index in [1.807, 2.05) is 16.7 Å². The van der Waals surface area contributed by atoms with Crippen molar-refractivity contribution < 1.29 is 14.7 Å². The van der Waals surface area contributed by atoms with E-state index < -0.39 is 5.97 Å². The van der Waals surface area contributed by atoms with Gasteiger partial charge in [-0.2, -0.15) is 5.10 Å². The van der Waals surface area contributed by atoms with Crippen LogP contribution in [0.5, 0.6) is 0 Å². The number of ketones is 1. The molecule has 0 aliphatic carbocycles. The van der Waals surface area contributed by atoms with Crippen molar-refractivity contribution in [2.75, 3.05) is 0 Å². The van der Waals surface area contributed by atoms with E-state index in [-0.39, 0.29) is 11.3 Å². The number of nitrogens with zero attached hydrogens (tertiary/aromatic N) is 6. The first kappa shape index (κ1) is 20.0. The predicted octanol–water partition coefficient (Wildman–Crippen LogP) is 3.39. The molecule has 0 atom stereocenters. The Labute approximate surface area is 186 Å². The minimum atomic E-state index is -0.996. The highest BCUT2D eigenvalue weighted by molar-refractivity contribution is 6.30. The normalized spacial score (nSPS) is 11.4. The zero-order chi connectivity index (χ0) is 22.2. The average molecular weight is 449 g/mol. The van der Waals surface area contributed by atoms with Crippen LogP contribution in [-0.4, -0.2) is 45.4 Å². The van der Waals surface area contributed by atoms with Gasteiger partial charge in [0.1, 0.15) is 5.65 Å². The van der Waals surface area contributed by atoms with Crippen LogP contribution in [0.2, 0.25) is 5.02 Å². The Hall–Kier alpha value is -3.98. The third-order valence-electron chi connectivity index (χ3n) is 5.20. The lowest BCUT2D eigenvalue weighted by molar-refractivity contribution is 0.0696. The van der Waals surface area contributed by atoms with E-state index in [1.54, 1.807) is 46.1 Å². The maximum atomic E-state index is 12.7. The number of carboxylic acids is 1. The number of pyridine rings is 2. The Balaban J connectivity index is 1.27. The summed E-state index contributed by atoms with van der Waals surface area (Å²) in [5.74, 6) is -1.02. The lowest BCUT2D eigenvalue weighted by atomic mass is 10.1. The molecule has 10 heteroatoms. The van der Waals surface area contributed by atoms with Crippen molar-refractivity contribution >= 4 is 34.5 Å². The van der Waals surface area contributed by atoms with Crippen LogP contribution in [-0.2, 0) is 13.0 Å². The molecule has 5 rings (SSSR count). The van der Waals surface area contributed by atoms with Crippen LogP contribution in [0.1, 0.15) is 38.5 Å². The molecular formula is C22H17ClN6O3. The number of hydrogen-bond acceptors (Lipinski definition) is 5. The van der Waals surface area contributed by atoms with Gasteiger partial charge in [-0.15, -0.1) is 0 Å². The summed E-state index contributed by atoms with van der Waals surface area (Å²) < 4.78 is 5.17. The molecule has 0 aromatic carbocycles. The summed E-state index contributed by atoms with van der Waals surface area (Å²) in [6.07, 6.45) is 10.8. The van der Waals surface area contributed by atoms with Crippen LogP contribution in [0, 0.1) is 0 Å². The van der Waals surface area contributed by atoms with Gasteiger partial charge in [0.05, 0.1) is 47.1 Å². The minimum Gasteiger partial charge on any atom is -0.478 e. The average Bonchev–Trinajstić information content (AvgIpc) is 3.49. The number of hydrogen-bond donors (Lipinski definition) is 1. The molecule has 0 aliphatic heterocycles. The summed E-state index contributed by atoms with van der Waals surface area (Å²) >= 11 is 6.07. The number of carboxylic acid groups (broad SMARTS) is 1. The number of aromatic carboxylic acids is 1. The van der Waals surface area contributed by atoms with Gasteiger partial charge in [-0.05, 0) is 30.7 Å². The Morgan fingerprint density at radius 2 is 1.94 bits per heavy atom. The van der Waals surface area contributed by atoms with Crippen molar-refractivity contribution in [3.05, 3.63) is 89.1 Å². The number of aryl methyl sites for hydroxylation is 1. The molecular weight excluding hydrogens is 432 g/mol. The maximum absolute atomic E-state index is 12.7. The highest BCUT2D eigenvalue weighted by Crippen LogP contribution is 2.18. The van der Waals surface area contributed by atoms with E-state index >= 15 is 0 Å². The van der Waals surface area contributed by atoms with Crippen LogP contribution in [0.25, 0.3) is 11.2 Å². The molecule has 0 bridgehead atoms. The van der Waals surface area contributed by atoms with Crippen LogP contribution < -0.4 is 0 Å². The molecule has 0 saturated heterocycles. The van der Waals surface area contributed by atoms with Gasteiger partial charge < -0.3 is 13.9 Å². The van der Waals surface area contributed by atoms with Crippen molar-refractivity contribution in [2.24, 2.45) is 0 Å². The highest BCUT2D eigenvalue weighted by Gasteiger charge is 2.13. The van der Waals surface area contributed by atoms with Gasteiger partial charge in [0, 0.05) is 36.2 Å². The smallest absolute Gasteiger partial charge is 0.337 e. The zero-order valence-electron chi connectivity index (χ0n) is 16.7. The first-order valence-electron chi connectivity index (χ1n) is 9.84. The maximum Gasteiger partial charge on any atom is 0.337 e. The van der Waals surface area contributed by atoms with E-state index in [0.29, 0.717) is 41.3 Å². The van der Waals surface area contributed by atoms with Crippen LogP contribution in [0.3, 0.4) is 0 Å². The first-order chi connectivity index (χ1) is 15.5. The van der Waals surface area contributed by atoms with Crippen molar-refractivity contribution in [1.29, 1.82) is 0 Å². The number of aromatic nitrogens is 6. The molecule has 0 amide bonds. The number of carbonyl (C=O) groups is 2. The van der Waals surface area contributed by atoms with Crippen LogP contribution >= 0.6 is 11.6 Å². The summed E-state index contributed by atoms with van der Waals surface area (Å²) in [6.45, 7) is 0.363. The van der Waals surface area contributed by atoms with Gasteiger partial charge >= 0.3 is 5.97 Å². The van der Waals surface area contributed by atoms with E-state index in [0.717, 1.165) is 11.2 Å². The molecule has 0 unspecified atom stereocenters. The topological polar surface area (TPSA) is 107 Å². The number of Topliss-reactive ketones (excluding diaryl/α,β-unsaturated/α-hetero) is 1. The molecule has 0 aliphatic rings. The van der Waals surface area contributed by atoms with Gasteiger partial charge in [0.2, 0.25) is 0 Å². The number of carbonyl (C=O) groups excluding carboxylic acids is 1. The summed E-state index contributed by atoms with van der Waals surface area (Å²) in [6, 6.07) is 6.78. The second-order valence-corrected chi connectivity index (χ2v) is 7.84. The molecule has 5 heterocycles. The zero-order valence-corrected chi connectivity index (χ0v) is 17.5. The molecule has 5 aromatic rings. The fourth-order valence-electron chi connectivity index (χ4n) is 3.59. The fraction of sp³-hybridized carbons (Fsp3) is 0.136. The number of imidazole rings is 2. The Morgan fingerprint density at radius 3 is 2.78 bits per heavy atom. The molecule has 0 fully saturated rings. The third-order valence-corrected chi connectivity index (χ3v) is 5.43. The molecule has 9 nitrogen and oxygen atoms in total. The molecule has 0 saturated carbocycles. The summed E-state index contributed by atoms with van der Waals surface area (Å²) in [5, 5.41) is 14.0. The minimum absolute atomic E-state index is 0.0273. The van der Waals surface area contributed by atoms with E-state index in [4.69, 9.17) is 16.7 Å². The van der Waals surface area contributed by atoms with E-state index in [2.05, 4.69) is 15.1 Å². The van der Waals surface area contributed by atoms with Crippen molar-refractivity contribution in [3.8, 4) is 0 Å². The lowest BCUT2D eigenvalue weighted by Crippen LogP contribution is -2.02. The predicted molar refractivity (Wildman–Crippen MR) is 116 cm³/mol. The van der Waals surface area contributed by atoms with Crippen LogP contribution in [0.15, 0.2) is 61.6 Å². The Kier molecular flexibility index (Phi) is 4.95. The summed E-state index contributed by atoms with van der Waals surface area (Å²) in [7, 11) is 0. The van der Waals surface area contributed by atoms with Gasteiger partial charge in [0.25, 0.3) is 0 Å². The highest BCUT2D eigenvalue weighted by atomic mass is 35.5. The van der Waals surface area contributed by atoms with Gasteiger partial charge in [-0.25, -0.2) is 14.8 Å². The van der Waals surface area contributed by atoms with Gasteiger partial charge in [-0.1, -0.05) is 11.6 Å². The third kappa shape index (κ3) is 3.85. The van der Waals surface area contributed by atoms with E-state index in [1.165, 1.54) is 12.3 Å². The molecule has 32 heavy (non-hydrogen) atoms. The van der Waals surface area contributed by atoms with Crippen molar-refractivity contribution in [1.82, 2.24) is 28.5 Å². The largest absolute Gasteiger partial charge is 0.478 e. The van der Waals surface area contributed by atoms with Crippen LogP contribution in [0.4, 0.5) is 0 Å². The summed E-state index contributed by atoms with van der Waals surface area (Å²) in [5.41, 5.74) is 3.75. The van der Waals surface area contributed by atoms with Crippen molar-refractivity contribution in [3.63, 3.8) is 0 Å². The number of rotatable bonds is 7. The second-order valence-electron chi connectivity index (χ2n) is 7.40. The van der Waals surface area contributed by atoms with Gasteiger partial charge in [-0.3, -0.25) is 9.48 Å². The monoisotopic (exact) mass is 448 g/mol. The Bertz CT molecular complexity index is 1480. The number of halogens is 1. The standard InChI is InChI=1S/C22H17ClN6O3/c23-16-5-6-27-13-24-18(19(27)7-16)2-3-20(30)15-8-25-29(10-15)12-17-11-28-9-14(22(31)32)1-4-21(28)26-17/h1,4-11,13H,2-3,12H2,(H,31,32). The molecule has 5 aromatic heterocycles. The summed E-state index contributed by atoms with van der Waals surface area (Å²) in [4.78, 5) is 32.6. The van der Waals surface area contributed by atoms with Gasteiger partial charge in [0.15, 0.2) is 5.78 Å². The molecule has 0 radical (unpaired) electrons. The fourth-order valence-corrected chi connectivity index (χ4v) is 3.75. The molecule has 1 N–H and O–H groups in total. The first-order valence-corrected chi connectivity index (χ1v) is 10.2. The van der Waals surface area contributed by atoms with Crippen molar-refractivity contribution in [2.45, 2.75) is 19.4 Å². The quantitative estimate of drug-likeness (QED) is 0.382.